The van der Waals surface area contributed by atoms with Gasteiger partial charge in [-0.15, -0.1) is 0 Å². The Labute approximate surface area is 118 Å². The molecule has 1 aliphatic carbocycles. The van der Waals surface area contributed by atoms with Crippen molar-refractivity contribution in [2.24, 2.45) is 17.6 Å². The van der Waals surface area contributed by atoms with Gasteiger partial charge in [0, 0.05) is 24.2 Å². The van der Waals surface area contributed by atoms with Crippen LogP contribution in [-0.4, -0.2) is 29.9 Å². The van der Waals surface area contributed by atoms with E-state index in [1.54, 1.807) is 0 Å². The molecule has 0 radical (unpaired) electrons. The van der Waals surface area contributed by atoms with Gasteiger partial charge in [-0.1, -0.05) is 29.8 Å². The molecule has 3 unspecified atom stereocenters. The molecule has 1 saturated carbocycles. The van der Waals surface area contributed by atoms with Gasteiger partial charge < -0.3 is 10.6 Å². The molecule has 3 atom stereocenters. The van der Waals surface area contributed by atoms with E-state index in [1.165, 1.54) is 6.42 Å². The summed E-state index contributed by atoms with van der Waals surface area (Å²) >= 11 is 6.10. The molecule has 2 N–H and O–H groups in total. The summed E-state index contributed by atoms with van der Waals surface area (Å²) in [6.45, 7) is 1.71. The summed E-state index contributed by atoms with van der Waals surface area (Å²) in [5, 5.41) is 0.673. The molecule has 1 aliphatic heterocycles. The zero-order chi connectivity index (χ0) is 13.4. The fourth-order valence-corrected chi connectivity index (χ4v) is 3.63. The van der Waals surface area contributed by atoms with Crippen molar-refractivity contribution in [2.45, 2.75) is 25.3 Å². The van der Waals surface area contributed by atoms with Crippen molar-refractivity contribution < 1.29 is 4.79 Å². The van der Waals surface area contributed by atoms with Crippen molar-refractivity contribution in [2.75, 3.05) is 13.1 Å². The van der Waals surface area contributed by atoms with Crippen molar-refractivity contribution >= 4 is 17.5 Å². The highest BCUT2D eigenvalue weighted by molar-refractivity contribution is 6.31. The van der Waals surface area contributed by atoms with Crippen LogP contribution in [0.15, 0.2) is 24.3 Å². The molecule has 0 bridgehead atoms. The van der Waals surface area contributed by atoms with Crippen molar-refractivity contribution in [1.29, 1.82) is 0 Å². The standard InChI is InChI=1S/C15H19ClN2O/c16-13-4-2-1-3-10(13)7-15(19)18-8-11-5-6-14(17)12(11)9-18/h1-4,11-12,14H,5-9,17H2. The number of carbonyl (C=O) groups excluding carboxylic acids is 1. The van der Waals surface area contributed by atoms with Crippen molar-refractivity contribution in [1.82, 2.24) is 4.90 Å². The number of nitrogens with zero attached hydrogens (tertiary/aromatic N) is 1. The lowest BCUT2D eigenvalue weighted by Gasteiger charge is -2.19. The Morgan fingerprint density at radius 3 is 2.84 bits per heavy atom. The van der Waals surface area contributed by atoms with Crippen molar-refractivity contribution in [3.63, 3.8) is 0 Å². The quantitative estimate of drug-likeness (QED) is 0.900. The number of hydrogen-bond acceptors (Lipinski definition) is 2. The molecule has 1 aromatic carbocycles. The molecule has 2 fully saturated rings. The molecule has 102 valence electrons. The molecule has 1 amide bonds. The van der Waals surface area contributed by atoms with Crippen LogP contribution in [0.1, 0.15) is 18.4 Å². The average Bonchev–Trinajstić information content (AvgIpc) is 2.95. The van der Waals surface area contributed by atoms with Gasteiger partial charge in [0.25, 0.3) is 0 Å². The highest BCUT2D eigenvalue weighted by Gasteiger charge is 2.42. The van der Waals surface area contributed by atoms with Crippen LogP contribution >= 0.6 is 11.6 Å². The van der Waals surface area contributed by atoms with E-state index < -0.39 is 0 Å². The molecule has 2 aliphatic rings. The largest absolute Gasteiger partial charge is 0.342 e. The van der Waals surface area contributed by atoms with E-state index in [2.05, 4.69) is 0 Å². The van der Waals surface area contributed by atoms with Crippen LogP contribution in [0.3, 0.4) is 0 Å². The first kappa shape index (κ1) is 12.9. The maximum Gasteiger partial charge on any atom is 0.227 e. The Hall–Kier alpha value is -1.06. The van der Waals surface area contributed by atoms with Crippen LogP contribution in [0, 0.1) is 11.8 Å². The maximum atomic E-state index is 12.3. The molecule has 4 heteroatoms. The van der Waals surface area contributed by atoms with E-state index in [0.29, 0.717) is 23.3 Å². The van der Waals surface area contributed by atoms with Crippen LogP contribution in [0.4, 0.5) is 0 Å². The maximum absolute atomic E-state index is 12.3. The van der Waals surface area contributed by atoms with Crippen LogP contribution in [-0.2, 0) is 11.2 Å². The van der Waals surface area contributed by atoms with Crippen LogP contribution < -0.4 is 5.73 Å². The third kappa shape index (κ3) is 2.49. The molecule has 1 saturated heterocycles. The summed E-state index contributed by atoms with van der Waals surface area (Å²) in [7, 11) is 0. The summed E-state index contributed by atoms with van der Waals surface area (Å²) < 4.78 is 0. The van der Waals surface area contributed by atoms with Crippen LogP contribution in [0.5, 0.6) is 0 Å². The van der Waals surface area contributed by atoms with Crippen LogP contribution in [0.2, 0.25) is 5.02 Å². The Morgan fingerprint density at radius 1 is 1.32 bits per heavy atom. The third-order valence-electron chi connectivity index (χ3n) is 4.56. The van der Waals surface area contributed by atoms with Gasteiger partial charge in [-0.2, -0.15) is 0 Å². The second-order valence-electron chi connectivity index (χ2n) is 5.73. The second-order valence-corrected chi connectivity index (χ2v) is 6.14. The van der Waals surface area contributed by atoms with Gasteiger partial charge in [0.2, 0.25) is 5.91 Å². The number of nitrogens with two attached hydrogens (primary N) is 1. The molecule has 1 aromatic rings. The summed E-state index contributed by atoms with van der Waals surface area (Å²) in [4.78, 5) is 14.3. The molecule has 19 heavy (non-hydrogen) atoms. The van der Waals surface area contributed by atoms with Gasteiger partial charge in [-0.05, 0) is 36.3 Å². The summed E-state index contributed by atoms with van der Waals surface area (Å²) in [5.41, 5.74) is 7.01. The number of halogens is 1. The monoisotopic (exact) mass is 278 g/mol. The average molecular weight is 279 g/mol. The van der Waals surface area contributed by atoms with Gasteiger partial charge in [0.05, 0.1) is 6.42 Å². The lowest BCUT2D eigenvalue weighted by Crippen LogP contribution is -2.34. The van der Waals surface area contributed by atoms with Crippen molar-refractivity contribution in [3.05, 3.63) is 34.9 Å². The predicted molar refractivity (Wildman–Crippen MR) is 75.9 cm³/mol. The minimum absolute atomic E-state index is 0.176. The number of likely N-dealkylation sites (tertiary alicyclic amines) is 1. The fraction of sp³-hybridized carbons (Fsp3) is 0.533. The Morgan fingerprint density at radius 2 is 2.11 bits per heavy atom. The van der Waals surface area contributed by atoms with Gasteiger partial charge in [0.15, 0.2) is 0 Å². The Balaban J connectivity index is 1.65. The van der Waals surface area contributed by atoms with E-state index in [1.807, 2.05) is 29.2 Å². The molecule has 1 heterocycles. The number of amides is 1. The van der Waals surface area contributed by atoms with Crippen molar-refractivity contribution in [3.8, 4) is 0 Å². The van der Waals surface area contributed by atoms with E-state index in [-0.39, 0.29) is 11.9 Å². The number of benzene rings is 1. The minimum atomic E-state index is 0.176. The smallest absolute Gasteiger partial charge is 0.227 e. The zero-order valence-electron chi connectivity index (χ0n) is 10.9. The van der Waals surface area contributed by atoms with E-state index >= 15 is 0 Å². The van der Waals surface area contributed by atoms with Gasteiger partial charge in [-0.3, -0.25) is 4.79 Å². The molecule has 0 spiro atoms. The minimum Gasteiger partial charge on any atom is -0.342 e. The third-order valence-corrected chi connectivity index (χ3v) is 4.93. The van der Waals surface area contributed by atoms with Gasteiger partial charge >= 0.3 is 0 Å². The van der Waals surface area contributed by atoms with Gasteiger partial charge in [0.1, 0.15) is 0 Å². The molecule has 0 aromatic heterocycles. The molecule has 3 rings (SSSR count). The first-order valence-electron chi connectivity index (χ1n) is 6.92. The summed E-state index contributed by atoms with van der Waals surface area (Å²) in [6, 6.07) is 7.84. The number of hydrogen-bond donors (Lipinski definition) is 1. The number of fused-ring (bicyclic) bond motifs is 1. The Bertz CT molecular complexity index is 491. The highest BCUT2D eigenvalue weighted by atomic mass is 35.5. The van der Waals surface area contributed by atoms with E-state index in [9.17, 15) is 4.79 Å². The Kier molecular flexibility index (Phi) is 3.50. The first-order chi connectivity index (χ1) is 9.15. The van der Waals surface area contributed by atoms with Gasteiger partial charge in [-0.25, -0.2) is 0 Å². The summed E-state index contributed by atoms with van der Waals surface area (Å²) in [5.74, 6) is 1.30. The normalized spacial score (nSPS) is 29.6. The second kappa shape index (κ2) is 5.14. The molecular weight excluding hydrogens is 260 g/mol. The highest BCUT2D eigenvalue weighted by Crippen LogP contribution is 2.37. The topological polar surface area (TPSA) is 46.3 Å². The lowest BCUT2D eigenvalue weighted by atomic mass is 9.98. The molecular formula is C15H19ClN2O. The molecule has 3 nitrogen and oxygen atoms in total. The number of rotatable bonds is 2. The first-order valence-corrected chi connectivity index (χ1v) is 7.29. The predicted octanol–water partition coefficient (Wildman–Crippen LogP) is 2.08. The lowest BCUT2D eigenvalue weighted by molar-refractivity contribution is -0.129. The van der Waals surface area contributed by atoms with E-state index in [0.717, 1.165) is 25.1 Å². The zero-order valence-corrected chi connectivity index (χ0v) is 11.6. The fourth-order valence-electron chi connectivity index (χ4n) is 3.43. The SMILES string of the molecule is NC1CCC2CN(C(=O)Cc3ccccc3Cl)CC12. The van der Waals surface area contributed by atoms with E-state index in [4.69, 9.17) is 17.3 Å². The van der Waals surface area contributed by atoms with Crippen LogP contribution in [0.25, 0.3) is 0 Å². The number of carbonyl (C=O) groups is 1. The summed E-state index contributed by atoms with van der Waals surface area (Å²) in [6.07, 6.45) is 2.68.